The lowest BCUT2D eigenvalue weighted by molar-refractivity contribution is -0.114. The molecule has 0 atom stereocenters. The average molecular weight is 482 g/mol. The molecule has 4 rings (SSSR count). The van der Waals surface area contributed by atoms with Crippen LogP contribution in [0.2, 0.25) is 0 Å². The summed E-state index contributed by atoms with van der Waals surface area (Å²) in [6.07, 6.45) is 0. The molecule has 2 N–H and O–H groups in total. The quantitative estimate of drug-likeness (QED) is 0.487. The first kappa shape index (κ1) is 23.7. The van der Waals surface area contributed by atoms with Gasteiger partial charge >= 0.3 is 0 Å². The Bertz CT molecular complexity index is 1180. The van der Waals surface area contributed by atoms with Gasteiger partial charge in [0.05, 0.1) is 24.7 Å². The third-order valence-electron chi connectivity index (χ3n) is 5.30. The molecule has 178 valence electrons. The highest BCUT2D eigenvalue weighted by atomic mass is 32.2. The van der Waals surface area contributed by atoms with Gasteiger partial charge in [0.15, 0.2) is 0 Å². The Morgan fingerprint density at radius 2 is 1.53 bits per heavy atom. The van der Waals surface area contributed by atoms with Crippen molar-refractivity contribution in [3.05, 3.63) is 84.4 Å². The highest BCUT2D eigenvalue weighted by molar-refractivity contribution is 7.89. The van der Waals surface area contributed by atoms with Gasteiger partial charge in [0.1, 0.15) is 12.4 Å². The monoisotopic (exact) mass is 481 g/mol. The fraction of sp³-hybridized carbons (Fsp3) is 0.240. The summed E-state index contributed by atoms with van der Waals surface area (Å²) in [4.78, 5) is 12.5. The third-order valence-corrected chi connectivity index (χ3v) is 7.21. The van der Waals surface area contributed by atoms with E-state index in [1.165, 1.54) is 4.31 Å². The zero-order valence-electron chi connectivity index (χ0n) is 18.6. The van der Waals surface area contributed by atoms with E-state index in [9.17, 15) is 13.2 Å². The lowest BCUT2D eigenvalue weighted by atomic mass is 10.2. The largest absolute Gasteiger partial charge is 0.489 e. The average Bonchev–Trinajstić information content (AvgIpc) is 2.88. The van der Waals surface area contributed by atoms with Crippen LogP contribution in [-0.2, 0) is 26.2 Å². The summed E-state index contributed by atoms with van der Waals surface area (Å²) in [5.41, 5.74) is 2.39. The van der Waals surface area contributed by atoms with Crippen molar-refractivity contribution in [1.29, 1.82) is 0 Å². The highest BCUT2D eigenvalue weighted by Gasteiger charge is 2.26. The van der Waals surface area contributed by atoms with Crippen molar-refractivity contribution in [3.63, 3.8) is 0 Å². The topological polar surface area (TPSA) is 97.0 Å². The number of anilines is 2. The fourth-order valence-electron chi connectivity index (χ4n) is 3.44. The predicted octanol–water partition coefficient (Wildman–Crippen LogP) is 3.34. The van der Waals surface area contributed by atoms with E-state index in [4.69, 9.17) is 9.47 Å². The van der Waals surface area contributed by atoms with Crippen LogP contribution >= 0.6 is 0 Å². The van der Waals surface area contributed by atoms with E-state index in [1.54, 1.807) is 48.5 Å². The maximum Gasteiger partial charge on any atom is 0.243 e. The molecular formula is C25H27N3O5S. The Morgan fingerprint density at radius 3 is 2.21 bits per heavy atom. The molecule has 34 heavy (non-hydrogen) atoms. The van der Waals surface area contributed by atoms with Crippen molar-refractivity contribution in [3.8, 4) is 5.75 Å². The Hall–Kier alpha value is -3.40. The molecule has 0 unspecified atom stereocenters. The summed E-state index contributed by atoms with van der Waals surface area (Å²) in [7, 11) is -3.54. The van der Waals surface area contributed by atoms with Crippen molar-refractivity contribution in [1.82, 2.24) is 4.31 Å². The molecule has 0 bridgehead atoms. The van der Waals surface area contributed by atoms with Crippen LogP contribution in [0.25, 0.3) is 0 Å². The van der Waals surface area contributed by atoms with Crippen molar-refractivity contribution in [2.45, 2.75) is 11.5 Å². The first-order valence-corrected chi connectivity index (χ1v) is 12.4. The molecule has 0 radical (unpaired) electrons. The Kier molecular flexibility index (Phi) is 7.79. The van der Waals surface area contributed by atoms with Crippen LogP contribution in [0.5, 0.6) is 5.75 Å². The Labute approximate surface area is 199 Å². The summed E-state index contributed by atoms with van der Waals surface area (Å²) < 4.78 is 37.8. The van der Waals surface area contributed by atoms with Gasteiger partial charge in [-0.15, -0.1) is 0 Å². The molecule has 8 nitrogen and oxygen atoms in total. The molecule has 0 aromatic heterocycles. The summed E-state index contributed by atoms with van der Waals surface area (Å²) in [6, 6.07) is 23.4. The number of carbonyl (C=O) groups is 1. The van der Waals surface area contributed by atoms with E-state index in [1.807, 2.05) is 30.3 Å². The van der Waals surface area contributed by atoms with Gasteiger partial charge in [-0.3, -0.25) is 4.79 Å². The van der Waals surface area contributed by atoms with Crippen LogP contribution in [0.1, 0.15) is 5.56 Å². The summed E-state index contributed by atoms with van der Waals surface area (Å²) in [6.45, 7) is 2.02. The van der Waals surface area contributed by atoms with E-state index in [2.05, 4.69) is 10.6 Å². The third kappa shape index (κ3) is 6.34. The predicted molar refractivity (Wildman–Crippen MR) is 130 cm³/mol. The van der Waals surface area contributed by atoms with E-state index < -0.39 is 10.0 Å². The number of amides is 1. The molecule has 0 saturated carbocycles. The van der Waals surface area contributed by atoms with Crippen LogP contribution in [0.3, 0.4) is 0 Å². The van der Waals surface area contributed by atoms with E-state index in [0.717, 1.165) is 5.56 Å². The number of sulfonamides is 1. The van der Waals surface area contributed by atoms with Gasteiger partial charge in [-0.1, -0.05) is 30.3 Å². The molecule has 3 aromatic carbocycles. The number of hydrogen-bond donors (Lipinski definition) is 2. The van der Waals surface area contributed by atoms with Gasteiger partial charge < -0.3 is 20.1 Å². The zero-order valence-corrected chi connectivity index (χ0v) is 19.5. The number of hydrogen-bond acceptors (Lipinski definition) is 6. The minimum Gasteiger partial charge on any atom is -0.489 e. The van der Waals surface area contributed by atoms with E-state index >= 15 is 0 Å². The van der Waals surface area contributed by atoms with Gasteiger partial charge in [0.25, 0.3) is 0 Å². The number of morpholine rings is 1. The van der Waals surface area contributed by atoms with Crippen LogP contribution < -0.4 is 15.4 Å². The molecule has 9 heteroatoms. The zero-order chi connectivity index (χ0) is 23.8. The molecule has 1 amide bonds. The van der Waals surface area contributed by atoms with Gasteiger partial charge in [0.2, 0.25) is 15.9 Å². The van der Waals surface area contributed by atoms with Gasteiger partial charge in [-0.2, -0.15) is 4.31 Å². The molecule has 1 saturated heterocycles. The normalized spacial score (nSPS) is 14.4. The second-order valence-electron chi connectivity index (χ2n) is 7.74. The Balaban J connectivity index is 1.24. The molecule has 1 aliphatic rings. The number of benzene rings is 3. The maximum atomic E-state index is 12.7. The van der Waals surface area contributed by atoms with Gasteiger partial charge in [0, 0.05) is 24.5 Å². The summed E-state index contributed by atoms with van der Waals surface area (Å²) in [5.74, 6) is 0.495. The number of ether oxygens (including phenoxy) is 2. The van der Waals surface area contributed by atoms with Crippen LogP contribution in [0, 0.1) is 0 Å². The lowest BCUT2D eigenvalue weighted by Crippen LogP contribution is -2.40. The molecule has 0 aliphatic carbocycles. The van der Waals surface area contributed by atoms with Crippen molar-refractivity contribution in [2.24, 2.45) is 0 Å². The minimum absolute atomic E-state index is 0.0435. The first-order valence-electron chi connectivity index (χ1n) is 11.0. The number of nitrogens with one attached hydrogen (secondary N) is 2. The molecule has 3 aromatic rings. The van der Waals surface area contributed by atoms with E-state index in [0.29, 0.717) is 50.0 Å². The second kappa shape index (κ2) is 11.1. The standard InChI is InChI=1S/C25H27N3O5S/c29-25(27-22-6-10-23(11-7-22)33-19-20-4-2-1-3-5-20)18-26-21-8-12-24(13-9-21)34(30,31)28-14-16-32-17-15-28/h1-13,26H,14-19H2,(H,27,29). The number of nitrogens with zero attached hydrogens (tertiary/aromatic N) is 1. The molecule has 1 aliphatic heterocycles. The van der Waals surface area contributed by atoms with Crippen molar-refractivity contribution < 1.29 is 22.7 Å². The Morgan fingerprint density at radius 1 is 0.882 bits per heavy atom. The highest BCUT2D eigenvalue weighted by Crippen LogP contribution is 2.20. The summed E-state index contributed by atoms with van der Waals surface area (Å²) >= 11 is 0. The van der Waals surface area contributed by atoms with E-state index in [-0.39, 0.29) is 17.3 Å². The van der Waals surface area contributed by atoms with Crippen LogP contribution in [-0.4, -0.2) is 51.5 Å². The van der Waals surface area contributed by atoms with Crippen LogP contribution in [0.4, 0.5) is 11.4 Å². The van der Waals surface area contributed by atoms with Crippen LogP contribution in [0.15, 0.2) is 83.8 Å². The number of rotatable bonds is 9. The first-order chi connectivity index (χ1) is 16.5. The minimum atomic E-state index is -3.54. The smallest absolute Gasteiger partial charge is 0.243 e. The number of carbonyl (C=O) groups excluding carboxylic acids is 1. The molecule has 0 spiro atoms. The SMILES string of the molecule is O=C(CNc1ccc(S(=O)(=O)N2CCOCC2)cc1)Nc1ccc(OCc2ccccc2)cc1. The lowest BCUT2D eigenvalue weighted by Gasteiger charge is -2.26. The van der Waals surface area contributed by atoms with Crippen molar-refractivity contribution >= 4 is 27.3 Å². The summed E-state index contributed by atoms with van der Waals surface area (Å²) in [5, 5.41) is 5.83. The fourth-order valence-corrected chi connectivity index (χ4v) is 4.85. The molecular weight excluding hydrogens is 454 g/mol. The molecule has 1 heterocycles. The van der Waals surface area contributed by atoms with Gasteiger partial charge in [-0.05, 0) is 54.1 Å². The second-order valence-corrected chi connectivity index (χ2v) is 9.68. The molecule has 1 fully saturated rings. The maximum absolute atomic E-state index is 12.7. The van der Waals surface area contributed by atoms with Crippen molar-refractivity contribution in [2.75, 3.05) is 43.5 Å². The van der Waals surface area contributed by atoms with Gasteiger partial charge in [-0.25, -0.2) is 8.42 Å².